The maximum absolute atomic E-state index is 12.2. The van der Waals surface area contributed by atoms with E-state index < -0.39 is 0 Å². The Labute approximate surface area is 166 Å². The summed E-state index contributed by atoms with van der Waals surface area (Å²) >= 11 is 0. The third kappa shape index (κ3) is 6.01. The lowest BCUT2D eigenvalue weighted by molar-refractivity contribution is -0.128. The van der Waals surface area contributed by atoms with E-state index in [1.807, 2.05) is 66.4 Å². The molecule has 2 aromatic carbocycles. The number of hydrogen-bond donors (Lipinski definition) is 2. The number of guanidine groups is 1. The van der Waals surface area contributed by atoms with Crippen LogP contribution in [0.25, 0.3) is 0 Å². The average Bonchev–Trinajstić information content (AvgIpc) is 3.26. The molecule has 0 spiro atoms. The largest absolute Gasteiger partial charge is 0.457 e. The van der Waals surface area contributed by atoms with E-state index in [2.05, 4.69) is 15.6 Å². The first kappa shape index (κ1) is 19.7. The van der Waals surface area contributed by atoms with E-state index >= 15 is 0 Å². The second kappa shape index (κ2) is 10.3. The normalized spacial score (nSPS) is 14.0. The third-order valence-electron chi connectivity index (χ3n) is 4.51. The lowest BCUT2D eigenvalue weighted by Crippen LogP contribution is -2.44. The van der Waals surface area contributed by atoms with Crippen LogP contribution in [0.4, 0.5) is 0 Å². The molecule has 1 aliphatic heterocycles. The van der Waals surface area contributed by atoms with Gasteiger partial charge in [-0.25, -0.2) is 4.99 Å². The summed E-state index contributed by atoms with van der Waals surface area (Å²) < 4.78 is 5.88. The number of benzene rings is 2. The predicted octanol–water partition coefficient (Wildman–Crippen LogP) is 3.16. The molecule has 0 aliphatic carbocycles. The van der Waals surface area contributed by atoms with Gasteiger partial charge in [0.25, 0.3) is 0 Å². The van der Waals surface area contributed by atoms with Gasteiger partial charge in [0.1, 0.15) is 11.5 Å². The van der Waals surface area contributed by atoms with E-state index in [1.165, 1.54) is 0 Å². The summed E-state index contributed by atoms with van der Waals surface area (Å²) in [5.74, 6) is 2.35. The second-order valence-electron chi connectivity index (χ2n) is 6.70. The molecular weight excluding hydrogens is 352 g/mol. The van der Waals surface area contributed by atoms with Gasteiger partial charge in [-0.2, -0.15) is 0 Å². The van der Waals surface area contributed by atoms with Crippen molar-refractivity contribution < 1.29 is 9.53 Å². The number of likely N-dealkylation sites (tertiary alicyclic amines) is 1. The van der Waals surface area contributed by atoms with Gasteiger partial charge in [-0.1, -0.05) is 30.3 Å². The van der Waals surface area contributed by atoms with Gasteiger partial charge in [0.2, 0.25) is 5.91 Å². The highest BCUT2D eigenvalue weighted by molar-refractivity contribution is 5.86. The van der Waals surface area contributed by atoms with E-state index in [9.17, 15) is 4.79 Å². The third-order valence-corrected chi connectivity index (χ3v) is 4.51. The Bertz CT molecular complexity index is 786. The van der Waals surface area contributed by atoms with Gasteiger partial charge in [-0.05, 0) is 49.6 Å². The summed E-state index contributed by atoms with van der Waals surface area (Å²) in [5.41, 5.74) is 1.04. The van der Waals surface area contributed by atoms with Gasteiger partial charge in [-0.3, -0.25) is 4.79 Å². The molecule has 0 atom stereocenters. The first-order chi connectivity index (χ1) is 13.7. The fourth-order valence-corrected chi connectivity index (χ4v) is 3.08. The highest BCUT2D eigenvalue weighted by Crippen LogP contribution is 2.22. The number of amides is 1. The van der Waals surface area contributed by atoms with Crippen LogP contribution in [0.2, 0.25) is 0 Å². The predicted molar refractivity (Wildman–Crippen MR) is 112 cm³/mol. The number of nitrogens with one attached hydrogen (secondary N) is 2. The minimum absolute atomic E-state index is 0.126. The molecule has 1 aliphatic rings. The molecule has 1 amide bonds. The molecule has 2 aromatic rings. The number of nitrogens with zero attached hydrogens (tertiary/aromatic N) is 2. The van der Waals surface area contributed by atoms with Crippen LogP contribution >= 0.6 is 0 Å². The number of aliphatic imine (C=N–C) groups is 1. The molecule has 148 valence electrons. The number of hydrogen-bond acceptors (Lipinski definition) is 3. The molecule has 0 radical (unpaired) electrons. The monoisotopic (exact) mass is 380 g/mol. The standard InChI is InChI=1S/C22H28N4O2/c1-2-23-22(25-17-21(27)26-13-6-7-14-26)24-16-18-9-8-12-20(15-18)28-19-10-4-3-5-11-19/h3-5,8-12,15H,2,6-7,13-14,16-17H2,1H3,(H2,23,24,25). The molecule has 1 saturated heterocycles. The highest BCUT2D eigenvalue weighted by atomic mass is 16.5. The fraction of sp³-hybridized carbons (Fsp3) is 0.364. The first-order valence-electron chi connectivity index (χ1n) is 9.86. The summed E-state index contributed by atoms with van der Waals surface area (Å²) in [7, 11) is 0. The molecule has 0 saturated carbocycles. The summed E-state index contributed by atoms with van der Waals surface area (Å²) in [6.45, 7) is 5.24. The average molecular weight is 380 g/mol. The Balaban J connectivity index is 1.57. The fourth-order valence-electron chi connectivity index (χ4n) is 3.08. The summed E-state index contributed by atoms with van der Waals surface area (Å²) in [6, 6.07) is 17.6. The molecule has 3 rings (SSSR count). The Morgan fingerprint density at radius 2 is 1.79 bits per heavy atom. The molecule has 28 heavy (non-hydrogen) atoms. The minimum atomic E-state index is 0.126. The Kier molecular flexibility index (Phi) is 7.29. The van der Waals surface area contributed by atoms with Crippen molar-refractivity contribution in [1.82, 2.24) is 15.5 Å². The number of rotatable bonds is 7. The topological polar surface area (TPSA) is 66.0 Å². The van der Waals surface area contributed by atoms with Crippen LogP contribution in [0, 0.1) is 0 Å². The van der Waals surface area contributed by atoms with Crippen LogP contribution in [-0.2, 0) is 11.3 Å². The SMILES string of the molecule is CCNC(=NCc1cccc(Oc2ccccc2)c1)NCC(=O)N1CCCC1. The van der Waals surface area contributed by atoms with E-state index in [0.717, 1.165) is 49.5 Å². The quantitative estimate of drug-likeness (QED) is 0.572. The summed E-state index contributed by atoms with van der Waals surface area (Å²) in [5, 5.41) is 6.33. The van der Waals surface area contributed by atoms with Crippen molar-refractivity contribution >= 4 is 11.9 Å². The van der Waals surface area contributed by atoms with Gasteiger partial charge in [0.15, 0.2) is 5.96 Å². The van der Waals surface area contributed by atoms with Crippen LogP contribution in [0.5, 0.6) is 11.5 Å². The van der Waals surface area contributed by atoms with Crippen LogP contribution in [0.1, 0.15) is 25.3 Å². The highest BCUT2D eigenvalue weighted by Gasteiger charge is 2.17. The maximum atomic E-state index is 12.2. The van der Waals surface area contributed by atoms with E-state index in [-0.39, 0.29) is 12.5 Å². The Morgan fingerprint density at radius 3 is 2.54 bits per heavy atom. The molecule has 0 bridgehead atoms. The van der Waals surface area contributed by atoms with E-state index in [0.29, 0.717) is 12.5 Å². The van der Waals surface area contributed by atoms with Crippen LogP contribution in [0.15, 0.2) is 59.6 Å². The number of carbonyl (C=O) groups excluding carboxylic acids is 1. The number of carbonyl (C=O) groups is 1. The molecule has 2 N–H and O–H groups in total. The van der Waals surface area contributed by atoms with Crippen molar-refractivity contribution in [2.45, 2.75) is 26.3 Å². The molecule has 6 nitrogen and oxygen atoms in total. The van der Waals surface area contributed by atoms with Gasteiger partial charge >= 0.3 is 0 Å². The summed E-state index contributed by atoms with van der Waals surface area (Å²) in [4.78, 5) is 18.7. The molecule has 6 heteroatoms. The Hall–Kier alpha value is -3.02. The second-order valence-corrected chi connectivity index (χ2v) is 6.70. The smallest absolute Gasteiger partial charge is 0.241 e. The van der Waals surface area contributed by atoms with Crippen molar-refractivity contribution in [1.29, 1.82) is 0 Å². The zero-order valence-corrected chi connectivity index (χ0v) is 16.4. The lowest BCUT2D eigenvalue weighted by Gasteiger charge is -2.17. The minimum Gasteiger partial charge on any atom is -0.457 e. The number of ether oxygens (including phenoxy) is 1. The molecule has 1 fully saturated rings. The van der Waals surface area contributed by atoms with E-state index in [1.54, 1.807) is 0 Å². The van der Waals surface area contributed by atoms with Crippen LogP contribution < -0.4 is 15.4 Å². The van der Waals surface area contributed by atoms with Gasteiger partial charge in [0.05, 0.1) is 13.1 Å². The summed E-state index contributed by atoms with van der Waals surface area (Å²) in [6.07, 6.45) is 2.20. The van der Waals surface area contributed by atoms with Crippen molar-refractivity contribution in [3.05, 3.63) is 60.2 Å². The zero-order valence-electron chi connectivity index (χ0n) is 16.4. The van der Waals surface area contributed by atoms with Crippen molar-refractivity contribution in [2.24, 2.45) is 4.99 Å². The van der Waals surface area contributed by atoms with Crippen LogP contribution in [0.3, 0.4) is 0 Å². The zero-order chi connectivity index (χ0) is 19.6. The van der Waals surface area contributed by atoms with Gasteiger partial charge in [-0.15, -0.1) is 0 Å². The van der Waals surface area contributed by atoms with E-state index in [4.69, 9.17) is 4.74 Å². The molecule has 0 unspecified atom stereocenters. The molecular formula is C22H28N4O2. The van der Waals surface area contributed by atoms with Crippen molar-refractivity contribution in [3.8, 4) is 11.5 Å². The lowest BCUT2D eigenvalue weighted by atomic mass is 10.2. The first-order valence-corrected chi connectivity index (χ1v) is 9.86. The van der Waals surface area contributed by atoms with Gasteiger partial charge in [0, 0.05) is 19.6 Å². The van der Waals surface area contributed by atoms with Crippen LogP contribution in [-0.4, -0.2) is 42.9 Å². The molecule has 0 aromatic heterocycles. The van der Waals surface area contributed by atoms with Gasteiger partial charge < -0.3 is 20.3 Å². The van der Waals surface area contributed by atoms with Crippen molar-refractivity contribution in [2.75, 3.05) is 26.2 Å². The Morgan fingerprint density at radius 1 is 1.04 bits per heavy atom. The molecule has 1 heterocycles. The number of para-hydroxylation sites is 1. The van der Waals surface area contributed by atoms with Crippen molar-refractivity contribution in [3.63, 3.8) is 0 Å². The maximum Gasteiger partial charge on any atom is 0.241 e.